The highest BCUT2D eigenvalue weighted by Gasteiger charge is 2.51. The van der Waals surface area contributed by atoms with Gasteiger partial charge in [0.25, 0.3) is 0 Å². The fraction of sp³-hybridized carbons (Fsp3) is 0.333. The average molecular weight is 422 g/mol. The first kappa shape index (κ1) is 20.9. The molecule has 0 bridgehead atoms. The maximum atomic E-state index is 9.35. The highest BCUT2D eigenvalue weighted by Crippen LogP contribution is 2.49. The van der Waals surface area contributed by atoms with E-state index < -0.39 is 18.3 Å². The van der Waals surface area contributed by atoms with Gasteiger partial charge in [-0.1, -0.05) is 38.1 Å². The number of aromatic nitrogens is 1. The van der Waals surface area contributed by atoms with Gasteiger partial charge >= 0.3 is 7.12 Å². The number of hydrogen-bond donors (Lipinski definition) is 0. The van der Waals surface area contributed by atoms with E-state index in [0.717, 1.165) is 16.6 Å². The zero-order valence-electron chi connectivity index (χ0n) is 19.5. The van der Waals surface area contributed by atoms with Crippen LogP contribution >= 0.6 is 0 Å². The second-order valence-electron chi connectivity index (χ2n) is 10.4. The summed E-state index contributed by atoms with van der Waals surface area (Å²) in [6.45, 7) is 12.7. The molecular formula is C27H27BN2O2. The smallest absolute Gasteiger partial charge is 0.399 e. The molecule has 0 atom stereocenters. The van der Waals surface area contributed by atoms with E-state index in [1.165, 1.54) is 22.3 Å². The Morgan fingerprint density at radius 2 is 1.50 bits per heavy atom. The molecule has 4 nitrogen and oxygen atoms in total. The summed E-state index contributed by atoms with van der Waals surface area (Å²) in [7, 11) is -0.439. The predicted octanol–water partition coefficient (Wildman–Crippen LogP) is 5.23. The van der Waals surface area contributed by atoms with Crippen molar-refractivity contribution in [3.05, 3.63) is 71.5 Å². The molecular weight excluding hydrogens is 395 g/mol. The van der Waals surface area contributed by atoms with Gasteiger partial charge < -0.3 is 9.31 Å². The third kappa shape index (κ3) is 3.02. The lowest BCUT2D eigenvalue weighted by molar-refractivity contribution is 0.00578. The second kappa shape index (κ2) is 6.78. The van der Waals surface area contributed by atoms with Crippen LogP contribution in [0.5, 0.6) is 0 Å². The highest BCUT2D eigenvalue weighted by molar-refractivity contribution is 6.62. The predicted molar refractivity (Wildman–Crippen MR) is 128 cm³/mol. The monoisotopic (exact) mass is 422 g/mol. The Hall–Kier alpha value is -2.94. The van der Waals surface area contributed by atoms with Gasteiger partial charge in [0.15, 0.2) is 0 Å². The van der Waals surface area contributed by atoms with Gasteiger partial charge in [-0.2, -0.15) is 5.26 Å². The van der Waals surface area contributed by atoms with Gasteiger partial charge in [-0.3, -0.25) is 4.98 Å². The third-order valence-corrected chi connectivity index (χ3v) is 7.42. The van der Waals surface area contributed by atoms with Gasteiger partial charge in [-0.05, 0) is 79.3 Å². The summed E-state index contributed by atoms with van der Waals surface area (Å²) in [6, 6.07) is 17.0. The Kier molecular flexibility index (Phi) is 4.44. The molecule has 0 N–H and O–H groups in total. The fourth-order valence-electron chi connectivity index (χ4n) is 4.73. The van der Waals surface area contributed by atoms with Crippen LogP contribution in [0.3, 0.4) is 0 Å². The second-order valence-corrected chi connectivity index (χ2v) is 10.4. The first-order chi connectivity index (χ1) is 15.0. The molecule has 1 aromatic heterocycles. The van der Waals surface area contributed by atoms with Crippen LogP contribution in [0.25, 0.3) is 22.3 Å². The highest BCUT2D eigenvalue weighted by atomic mass is 16.7. The van der Waals surface area contributed by atoms with Crippen molar-refractivity contribution in [1.29, 1.82) is 5.26 Å². The van der Waals surface area contributed by atoms with E-state index in [4.69, 9.17) is 9.31 Å². The van der Waals surface area contributed by atoms with Crippen LogP contribution in [-0.4, -0.2) is 23.3 Å². The topological polar surface area (TPSA) is 55.1 Å². The minimum Gasteiger partial charge on any atom is -0.399 e. The van der Waals surface area contributed by atoms with Crippen LogP contribution in [0.2, 0.25) is 0 Å². The summed E-state index contributed by atoms with van der Waals surface area (Å²) < 4.78 is 12.4. The zero-order valence-corrected chi connectivity index (χ0v) is 19.5. The summed E-state index contributed by atoms with van der Waals surface area (Å²) in [5.41, 5.74) is 7.71. The minimum atomic E-state index is -0.439. The SMILES string of the molecule is CC1(C)c2ccc(-c3cncc(B4OC(C)(C)C(C)(C)O4)c3)cc2-c2ccc(C#N)cc21. The number of hydrogen-bond acceptors (Lipinski definition) is 4. The number of nitrogens with zero attached hydrogens (tertiary/aromatic N) is 2. The largest absolute Gasteiger partial charge is 0.496 e. The molecule has 1 aliphatic heterocycles. The number of rotatable bonds is 2. The van der Waals surface area contributed by atoms with Gasteiger partial charge in [-0.25, -0.2) is 0 Å². The summed E-state index contributed by atoms with van der Waals surface area (Å²) in [5, 5.41) is 9.35. The van der Waals surface area contributed by atoms with Crippen LogP contribution in [0.15, 0.2) is 54.9 Å². The Balaban J connectivity index is 1.55. The fourth-order valence-corrected chi connectivity index (χ4v) is 4.73. The molecule has 2 heterocycles. The van der Waals surface area contributed by atoms with Crippen LogP contribution in [0.4, 0.5) is 0 Å². The van der Waals surface area contributed by atoms with Crippen molar-refractivity contribution < 1.29 is 9.31 Å². The van der Waals surface area contributed by atoms with Crippen molar-refractivity contribution in [3.8, 4) is 28.3 Å². The molecule has 0 spiro atoms. The van der Waals surface area contributed by atoms with Crippen molar-refractivity contribution in [1.82, 2.24) is 4.98 Å². The maximum Gasteiger partial charge on any atom is 0.496 e. The van der Waals surface area contributed by atoms with E-state index in [9.17, 15) is 5.26 Å². The molecule has 5 heteroatoms. The lowest BCUT2D eigenvalue weighted by Gasteiger charge is -2.32. The lowest BCUT2D eigenvalue weighted by Crippen LogP contribution is -2.41. The van der Waals surface area contributed by atoms with E-state index in [1.807, 2.05) is 24.5 Å². The molecule has 2 aromatic carbocycles. The Labute approximate surface area is 190 Å². The van der Waals surface area contributed by atoms with E-state index in [2.05, 4.69) is 82.9 Å². The Bertz CT molecular complexity index is 1270. The number of fused-ring (bicyclic) bond motifs is 3. The van der Waals surface area contributed by atoms with E-state index >= 15 is 0 Å². The summed E-state index contributed by atoms with van der Waals surface area (Å²) in [5.74, 6) is 0. The summed E-state index contributed by atoms with van der Waals surface area (Å²) >= 11 is 0. The van der Waals surface area contributed by atoms with Crippen molar-refractivity contribution in [2.45, 2.75) is 58.2 Å². The van der Waals surface area contributed by atoms with Crippen molar-refractivity contribution in [2.24, 2.45) is 0 Å². The Morgan fingerprint density at radius 1 is 0.781 bits per heavy atom. The van der Waals surface area contributed by atoms with Gasteiger partial charge in [-0.15, -0.1) is 0 Å². The average Bonchev–Trinajstić information content (AvgIpc) is 3.13. The molecule has 1 saturated heterocycles. The van der Waals surface area contributed by atoms with Gasteiger partial charge in [0.05, 0.1) is 22.8 Å². The van der Waals surface area contributed by atoms with Crippen LogP contribution < -0.4 is 5.46 Å². The molecule has 2 aliphatic rings. The molecule has 0 unspecified atom stereocenters. The molecule has 1 fully saturated rings. The first-order valence-corrected chi connectivity index (χ1v) is 11.0. The van der Waals surface area contributed by atoms with Gasteiger partial charge in [0, 0.05) is 23.3 Å². The minimum absolute atomic E-state index is 0.140. The lowest BCUT2D eigenvalue weighted by atomic mass is 9.79. The molecule has 160 valence electrons. The van der Waals surface area contributed by atoms with Crippen molar-refractivity contribution in [2.75, 3.05) is 0 Å². The molecule has 32 heavy (non-hydrogen) atoms. The Morgan fingerprint density at radius 3 is 2.19 bits per heavy atom. The maximum absolute atomic E-state index is 9.35. The molecule has 3 aromatic rings. The number of nitriles is 1. The van der Waals surface area contributed by atoms with Crippen LogP contribution in [-0.2, 0) is 14.7 Å². The van der Waals surface area contributed by atoms with Crippen LogP contribution in [0, 0.1) is 11.3 Å². The van der Waals surface area contributed by atoms with E-state index in [-0.39, 0.29) is 5.41 Å². The van der Waals surface area contributed by atoms with E-state index in [1.54, 1.807) is 0 Å². The quantitative estimate of drug-likeness (QED) is 0.531. The van der Waals surface area contributed by atoms with Crippen LogP contribution in [0.1, 0.15) is 58.2 Å². The first-order valence-electron chi connectivity index (χ1n) is 11.0. The standard InChI is InChI=1S/C27H27BN2O2/c1-25(2)23-10-8-18(13-22(23)21-9-7-17(14-29)11-24(21)25)19-12-20(16-30-15-19)28-31-26(3,4)27(5,6)32-28/h7-13,15-16H,1-6H3. The molecule has 5 rings (SSSR count). The van der Waals surface area contributed by atoms with Gasteiger partial charge in [0.1, 0.15) is 0 Å². The molecule has 0 saturated carbocycles. The van der Waals surface area contributed by atoms with Gasteiger partial charge in [0.2, 0.25) is 0 Å². The van der Waals surface area contributed by atoms with E-state index in [0.29, 0.717) is 5.56 Å². The molecule has 1 aliphatic carbocycles. The summed E-state index contributed by atoms with van der Waals surface area (Å²) in [4.78, 5) is 4.49. The molecule has 0 radical (unpaired) electrons. The third-order valence-electron chi connectivity index (χ3n) is 7.42. The van der Waals surface area contributed by atoms with Crippen molar-refractivity contribution >= 4 is 12.6 Å². The zero-order chi connectivity index (χ0) is 22.9. The summed E-state index contributed by atoms with van der Waals surface area (Å²) in [6.07, 6.45) is 3.71. The number of benzene rings is 2. The van der Waals surface area contributed by atoms with Crippen molar-refractivity contribution in [3.63, 3.8) is 0 Å². The number of pyridine rings is 1. The normalized spacial score (nSPS) is 19.3. The molecule has 0 amide bonds.